The number of oxime groups is 1. The number of hydrogen-bond donors (Lipinski definition) is 2. The molecule has 2 rings (SSSR count). The van der Waals surface area contributed by atoms with Crippen LogP contribution in [0.25, 0.3) is 0 Å². The second kappa shape index (κ2) is 6.08. The van der Waals surface area contributed by atoms with E-state index in [1.807, 2.05) is 31.3 Å². The van der Waals surface area contributed by atoms with E-state index in [-0.39, 0.29) is 5.84 Å². The predicted octanol–water partition coefficient (Wildman–Crippen LogP) is 3.24. The minimum absolute atomic E-state index is 0.0966. The lowest BCUT2D eigenvalue weighted by Gasteiger charge is -2.19. The third kappa shape index (κ3) is 3.27. The molecule has 3 N–H and O–H groups in total. The Hall–Kier alpha value is -1.53. The van der Waals surface area contributed by atoms with Crippen molar-refractivity contribution in [1.82, 2.24) is 0 Å². The van der Waals surface area contributed by atoms with E-state index >= 15 is 0 Å². The van der Waals surface area contributed by atoms with Crippen LogP contribution in [-0.4, -0.2) is 18.1 Å². The summed E-state index contributed by atoms with van der Waals surface area (Å²) in [6.45, 7) is 0.854. The van der Waals surface area contributed by atoms with Gasteiger partial charge in [-0.1, -0.05) is 11.2 Å². The number of anilines is 1. The monoisotopic (exact) mass is 339 g/mol. The highest BCUT2D eigenvalue weighted by Gasteiger charge is 2.09. The average molecular weight is 340 g/mol. The highest BCUT2D eigenvalue weighted by atomic mass is 79.9. The maximum absolute atomic E-state index is 8.70. The van der Waals surface area contributed by atoms with Crippen LogP contribution >= 0.6 is 27.3 Å². The summed E-state index contributed by atoms with van der Waals surface area (Å²) in [4.78, 5) is 3.45. The Balaban J connectivity index is 2.19. The SMILES string of the molecule is CN(Cc1cccs1)c1ccc(/C(N)=N/O)c(Br)c1. The lowest BCUT2D eigenvalue weighted by molar-refractivity contribution is 0.318. The van der Waals surface area contributed by atoms with Crippen molar-refractivity contribution < 1.29 is 5.21 Å². The highest BCUT2D eigenvalue weighted by molar-refractivity contribution is 9.10. The second-order valence-electron chi connectivity index (χ2n) is 4.08. The molecule has 0 atom stereocenters. The molecule has 100 valence electrons. The zero-order valence-corrected chi connectivity index (χ0v) is 12.8. The van der Waals surface area contributed by atoms with Crippen molar-refractivity contribution in [3.63, 3.8) is 0 Å². The van der Waals surface area contributed by atoms with Crippen molar-refractivity contribution in [2.75, 3.05) is 11.9 Å². The molecule has 6 heteroatoms. The normalized spacial score (nSPS) is 11.6. The summed E-state index contributed by atoms with van der Waals surface area (Å²) >= 11 is 5.18. The Morgan fingerprint density at radius 1 is 1.47 bits per heavy atom. The lowest BCUT2D eigenvalue weighted by atomic mass is 10.2. The van der Waals surface area contributed by atoms with Gasteiger partial charge in [0, 0.05) is 27.6 Å². The van der Waals surface area contributed by atoms with Crippen LogP contribution in [0.3, 0.4) is 0 Å². The summed E-state index contributed by atoms with van der Waals surface area (Å²) in [6, 6.07) is 9.90. The third-order valence-corrected chi connectivity index (χ3v) is 4.27. The number of benzene rings is 1. The molecule has 1 aromatic carbocycles. The van der Waals surface area contributed by atoms with E-state index in [4.69, 9.17) is 10.9 Å². The van der Waals surface area contributed by atoms with Crippen molar-refractivity contribution in [3.05, 3.63) is 50.6 Å². The number of amidine groups is 1. The third-order valence-electron chi connectivity index (χ3n) is 2.75. The fourth-order valence-corrected chi connectivity index (χ4v) is 3.06. The van der Waals surface area contributed by atoms with Crippen molar-refractivity contribution in [2.45, 2.75) is 6.54 Å². The molecule has 0 amide bonds. The van der Waals surface area contributed by atoms with E-state index in [1.54, 1.807) is 11.3 Å². The van der Waals surface area contributed by atoms with Gasteiger partial charge in [-0.25, -0.2) is 0 Å². The average Bonchev–Trinajstić information content (AvgIpc) is 2.90. The van der Waals surface area contributed by atoms with Gasteiger partial charge in [0.25, 0.3) is 0 Å². The number of halogens is 1. The maximum Gasteiger partial charge on any atom is 0.171 e. The van der Waals surface area contributed by atoms with Crippen LogP contribution < -0.4 is 10.6 Å². The van der Waals surface area contributed by atoms with Gasteiger partial charge in [-0.3, -0.25) is 0 Å². The first-order chi connectivity index (χ1) is 9.11. The zero-order valence-electron chi connectivity index (χ0n) is 10.4. The van der Waals surface area contributed by atoms with E-state index in [0.29, 0.717) is 5.56 Å². The molecule has 0 spiro atoms. The molecule has 0 saturated heterocycles. The summed E-state index contributed by atoms with van der Waals surface area (Å²) in [7, 11) is 2.03. The Labute approximate surface area is 124 Å². The van der Waals surface area contributed by atoms with Crippen LogP contribution in [0, 0.1) is 0 Å². The molecule has 0 radical (unpaired) electrons. The Kier molecular flexibility index (Phi) is 4.44. The van der Waals surface area contributed by atoms with Crippen molar-refractivity contribution >= 4 is 38.8 Å². The molecular weight excluding hydrogens is 326 g/mol. The zero-order chi connectivity index (χ0) is 13.8. The molecule has 4 nitrogen and oxygen atoms in total. The van der Waals surface area contributed by atoms with Gasteiger partial charge in [0.05, 0.1) is 6.54 Å². The minimum Gasteiger partial charge on any atom is -0.409 e. The van der Waals surface area contributed by atoms with Gasteiger partial charge in [-0.15, -0.1) is 11.3 Å². The molecular formula is C13H14BrN3OS. The second-order valence-corrected chi connectivity index (χ2v) is 5.97. The molecule has 2 aromatic rings. The van der Waals surface area contributed by atoms with Gasteiger partial charge in [-0.05, 0) is 45.6 Å². The van der Waals surface area contributed by atoms with Gasteiger partial charge >= 0.3 is 0 Å². The Bertz CT molecular complexity index is 584. The highest BCUT2D eigenvalue weighted by Crippen LogP contribution is 2.25. The molecule has 0 saturated carbocycles. The van der Waals surface area contributed by atoms with E-state index in [0.717, 1.165) is 16.7 Å². The number of nitrogens with two attached hydrogens (primary N) is 1. The van der Waals surface area contributed by atoms with Gasteiger partial charge in [-0.2, -0.15) is 0 Å². The largest absolute Gasteiger partial charge is 0.409 e. The maximum atomic E-state index is 8.70. The fourth-order valence-electron chi connectivity index (χ4n) is 1.73. The molecule has 0 aliphatic heterocycles. The minimum atomic E-state index is 0.0966. The van der Waals surface area contributed by atoms with Crippen LogP contribution in [0.4, 0.5) is 5.69 Å². The summed E-state index contributed by atoms with van der Waals surface area (Å²) in [5.41, 5.74) is 7.33. The van der Waals surface area contributed by atoms with Crippen LogP contribution in [0.2, 0.25) is 0 Å². The van der Waals surface area contributed by atoms with Crippen LogP contribution in [-0.2, 0) is 6.54 Å². The molecule has 1 aromatic heterocycles. The Morgan fingerprint density at radius 3 is 2.84 bits per heavy atom. The fraction of sp³-hybridized carbons (Fsp3) is 0.154. The molecule has 0 unspecified atom stereocenters. The number of rotatable bonds is 4. The van der Waals surface area contributed by atoms with E-state index in [9.17, 15) is 0 Å². The first-order valence-electron chi connectivity index (χ1n) is 5.63. The molecule has 0 fully saturated rings. The number of hydrogen-bond acceptors (Lipinski definition) is 4. The van der Waals surface area contributed by atoms with Crippen molar-refractivity contribution in [3.8, 4) is 0 Å². The molecule has 0 aliphatic carbocycles. The first kappa shape index (κ1) is 13.9. The van der Waals surface area contributed by atoms with E-state index in [1.165, 1.54) is 4.88 Å². The quantitative estimate of drug-likeness (QED) is 0.389. The number of nitrogens with zero attached hydrogens (tertiary/aromatic N) is 2. The van der Waals surface area contributed by atoms with Gasteiger partial charge < -0.3 is 15.8 Å². The standard InChI is InChI=1S/C13H14BrN3OS/c1-17(8-10-3-2-6-19-10)9-4-5-11(12(14)7-9)13(15)16-18/h2-7,18H,8H2,1H3,(H2,15,16). The van der Waals surface area contributed by atoms with Crippen molar-refractivity contribution in [1.29, 1.82) is 0 Å². The Morgan fingerprint density at radius 2 is 2.26 bits per heavy atom. The summed E-state index contributed by atoms with van der Waals surface area (Å²) < 4.78 is 0.804. The van der Waals surface area contributed by atoms with Gasteiger partial charge in [0.2, 0.25) is 0 Å². The smallest absolute Gasteiger partial charge is 0.171 e. The van der Waals surface area contributed by atoms with Gasteiger partial charge in [0.1, 0.15) is 0 Å². The van der Waals surface area contributed by atoms with Crippen LogP contribution in [0.1, 0.15) is 10.4 Å². The topological polar surface area (TPSA) is 61.8 Å². The molecule has 0 aliphatic rings. The van der Waals surface area contributed by atoms with E-state index in [2.05, 4.69) is 37.4 Å². The molecule has 19 heavy (non-hydrogen) atoms. The molecule has 0 bridgehead atoms. The van der Waals surface area contributed by atoms with E-state index < -0.39 is 0 Å². The van der Waals surface area contributed by atoms with Gasteiger partial charge in [0.15, 0.2) is 5.84 Å². The van der Waals surface area contributed by atoms with Crippen molar-refractivity contribution in [2.24, 2.45) is 10.9 Å². The summed E-state index contributed by atoms with van der Waals surface area (Å²) in [5.74, 6) is 0.0966. The summed E-state index contributed by atoms with van der Waals surface area (Å²) in [6.07, 6.45) is 0. The molecule has 1 heterocycles. The van der Waals surface area contributed by atoms with Crippen LogP contribution in [0.15, 0.2) is 45.3 Å². The first-order valence-corrected chi connectivity index (χ1v) is 7.30. The van der Waals surface area contributed by atoms with Crippen LogP contribution in [0.5, 0.6) is 0 Å². The predicted molar refractivity (Wildman–Crippen MR) is 83.1 cm³/mol. The number of thiophene rings is 1. The lowest BCUT2D eigenvalue weighted by Crippen LogP contribution is -2.17. The summed E-state index contributed by atoms with van der Waals surface area (Å²) in [5, 5.41) is 13.8.